The smallest absolute Gasteiger partial charge is 0.232 e. The maximum Gasteiger partial charge on any atom is 0.232 e. The van der Waals surface area contributed by atoms with Crippen LogP contribution in [0.5, 0.6) is 11.6 Å². The Morgan fingerprint density at radius 3 is 2.60 bits per heavy atom. The quantitative estimate of drug-likeness (QED) is 0.388. The van der Waals surface area contributed by atoms with E-state index in [0.717, 1.165) is 36.6 Å². The van der Waals surface area contributed by atoms with Gasteiger partial charge in [0.1, 0.15) is 5.75 Å². The number of ether oxygens (including phenoxy) is 1. The molecule has 35 heavy (non-hydrogen) atoms. The van der Waals surface area contributed by atoms with Crippen molar-refractivity contribution >= 4 is 27.3 Å². The fourth-order valence-corrected chi connectivity index (χ4v) is 6.54. The van der Waals surface area contributed by atoms with Crippen LogP contribution in [0.1, 0.15) is 55.3 Å². The van der Waals surface area contributed by atoms with Gasteiger partial charge in [-0.05, 0) is 79.3 Å². The summed E-state index contributed by atoms with van der Waals surface area (Å²) in [5.41, 5.74) is 4.42. The Labute approximate surface area is 212 Å². The van der Waals surface area contributed by atoms with Crippen molar-refractivity contribution in [2.45, 2.75) is 50.5 Å². The molecule has 8 heteroatoms. The van der Waals surface area contributed by atoms with E-state index in [0.29, 0.717) is 18.0 Å². The van der Waals surface area contributed by atoms with Gasteiger partial charge in [-0.1, -0.05) is 43.1 Å². The van der Waals surface area contributed by atoms with Crippen LogP contribution in [0, 0.1) is 0 Å². The number of rotatable bonds is 8. The van der Waals surface area contributed by atoms with Crippen molar-refractivity contribution in [3.8, 4) is 11.6 Å². The van der Waals surface area contributed by atoms with E-state index in [2.05, 4.69) is 39.3 Å². The number of hydrogen-bond donors (Lipinski definition) is 2. The summed E-state index contributed by atoms with van der Waals surface area (Å²) in [6.07, 6.45) is 6.49. The molecule has 0 amide bonds. The Balaban J connectivity index is 1.38. The normalized spacial score (nSPS) is 18.9. The number of aromatic nitrogens is 1. The molecule has 2 N–H and O–H groups in total. The van der Waals surface area contributed by atoms with Crippen LogP contribution in [-0.2, 0) is 21.9 Å². The zero-order valence-corrected chi connectivity index (χ0v) is 21.3. The molecule has 5 rings (SSSR count). The highest BCUT2D eigenvalue weighted by molar-refractivity contribution is 7.92. The minimum absolute atomic E-state index is 0.0495. The maximum absolute atomic E-state index is 12.0. The van der Waals surface area contributed by atoms with Crippen LogP contribution in [0.3, 0.4) is 0 Å². The molecule has 0 spiro atoms. The van der Waals surface area contributed by atoms with E-state index in [4.69, 9.17) is 16.3 Å². The molecular formula is C27H30ClN3O3S. The first-order chi connectivity index (χ1) is 16.9. The van der Waals surface area contributed by atoms with Crippen LogP contribution < -0.4 is 14.8 Å². The number of benzene rings is 2. The highest BCUT2D eigenvalue weighted by atomic mass is 35.5. The van der Waals surface area contributed by atoms with Crippen molar-refractivity contribution < 1.29 is 13.2 Å². The second kappa shape index (κ2) is 9.80. The summed E-state index contributed by atoms with van der Waals surface area (Å²) in [4.78, 5) is 4.30. The van der Waals surface area contributed by atoms with Crippen molar-refractivity contribution in [2.24, 2.45) is 0 Å². The molecule has 1 aliphatic carbocycles. The van der Waals surface area contributed by atoms with Crippen molar-refractivity contribution in [2.75, 3.05) is 17.0 Å². The van der Waals surface area contributed by atoms with Crippen molar-refractivity contribution in [3.05, 3.63) is 82.5 Å². The molecule has 1 aromatic heterocycles. The van der Waals surface area contributed by atoms with Crippen LogP contribution in [0.4, 0.5) is 5.69 Å². The van der Waals surface area contributed by atoms with E-state index in [1.165, 1.54) is 29.3 Å². The summed E-state index contributed by atoms with van der Waals surface area (Å²) in [6.45, 7) is 2.78. The third-order valence-corrected chi connectivity index (χ3v) is 8.84. The Kier molecular flexibility index (Phi) is 6.75. The van der Waals surface area contributed by atoms with Gasteiger partial charge in [0.05, 0.1) is 17.6 Å². The van der Waals surface area contributed by atoms with Gasteiger partial charge in [0.15, 0.2) is 0 Å². The van der Waals surface area contributed by atoms with Crippen LogP contribution in [0.2, 0.25) is 5.02 Å². The first-order valence-electron chi connectivity index (χ1n) is 12.2. The summed E-state index contributed by atoms with van der Waals surface area (Å²) >= 11 is 6.17. The number of sulfonamides is 1. The van der Waals surface area contributed by atoms with E-state index < -0.39 is 10.0 Å². The number of fused-ring (bicyclic) bond motifs is 1. The molecule has 1 unspecified atom stereocenters. The maximum atomic E-state index is 12.0. The second-order valence-electron chi connectivity index (χ2n) is 9.42. The zero-order valence-electron chi connectivity index (χ0n) is 19.8. The topological polar surface area (TPSA) is 80.3 Å². The van der Waals surface area contributed by atoms with Crippen molar-refractivity contribution in [1.82, 2.24) is 10.3 Å². The third kappa shape index (κ3) is 5.03. The molecule has 6 nitrogen and oxygen atoms in total. The average molecular weight is 512 g/mol. The van der Waals surface area contributed by atoms with E-state index in [1.54, 1.807) is 12.1 Å². The molecule has 1 aliphatic heterocycles. The number of pyridine rings is 1. The number of anilines is 1. The van der Waals surface area contributed by atoms with Crippen LogP contribution >= 0.6 is 11.6 Å². The molecule has 2 heterocycles. The van der Waals surface area contributed by atoms with Crippen LogP contribution in [0.25, 0.3) is 0 Å². The lowest BCUT2D eigenvalue weighted by atomic mass is 9.58. The van der Waals surface area contributed by atoms with Gasteiger partial charge in [-0.25, -0.2) is 13.4 Å². The van der Waals surface area contributed by atoms with Gasteiger partial charge in [-0.15, -0.1) is 0 Å². The number of nitrogens with one attached hydrogen (secondary N) is 2. The van der Waals surface area contributed by atoms with Gasteiger partial charge in [-0.2, -0.15) is 0 Å². The molecule has 2 aromatic carbocycles. The van der Waals surface area contributed by atoms with Gasteiger partial charge < -0.3 is 10.1 Å². The summed E-state index contributed by atoms with van der Waals surface area (Å²) in [6, 6.07) is 18.1. The van der Waals surface area contributed by atoms with Gasteiger partial charge in [0.25, 0.3) is 0 Å². The molecular weight excluding hydrogens is 482 g/mol. The SMILES string of the molecule is CCCS(=O)(=O)Nc1ccc(Oc2ccc3c(c2)C(C2(c4ccc(Cl)cc4)CCC2)NCC3)nc1. The first kappa shape index (κ1) is 24.1. The van der Waals surface area contributed by atoms with E-state index in [9.17, 15) is 8.42 Å². The van der Waals surface area contributed by atoms with Crippen molar-refractivity contribution in [1.29, 1.82) is 0 Å². The number of halogens is 1. The fraction of sp³-hybridized carbons (Fsp3) is 0.370. The summed E-state index contributed by atoms with van der Waals surface area (Å²) in [5.74, 6) is 1.21. The second-order valence-corrected chi connectivity index (χ2v) is 11.7. The molecule has 3 aromatic rings. The van der Waals surface area contributed by atoms with Crippen molar-refractivity contribution in [3.63, 3.8) is 0 Å². The van der Waals surface area contributed by atoms with Gasteiger partial charge in [0.2, 0.25) is 15.9 Å². The standard InChI is InChI=1S/C27H30ClN3O3S/c1-2-16-35(32,33)31-22-9-11-25(30-18-22)34-23-10-4-19-12-15-29-26(24(19)17-23)27(13-3-14-27)20-5-7-21(28)8-6-20/h4-11,17-18,26,29,31H,2-3,12-16H2,1H3. The average Bonchev–Trinajstić information content (AvgIpc) is 2.81. The zero-order chi connectivity index (χ0) is 24.5. The molecule has 0 radical (unpaired) electrons. The van der Waals surface area contributed by atoms with E-state index in [1.807, 2.05) is 25.1 Å². The highest BCUT2D eigenvalue weighted by Crippen LogP contribution is 2.53. The largest absolute Gasteiger partial charge is 0.439 e. The van der Waals surface area contributed by atoms with E-state index in [-0.39, 0.29) is 17.2 Å². The first-order valence-corrected chi connectivity index (χ1v) is 14.2. The Morgan fingerprint density at radius 2 is 1.94 bits per heavy atom. The molecule has 2 aliphatic rings. The fourth-order valence-electron chi connectivity index (χ4n) is 5.29. The van der Waals surface area contributed by atoms with Gasteiger partial charge in [0, 0.05) is 22.5 Å². The third-order valence-electron chi connectivity index (χ3n) is 7.09. The monoisotopic (exact) mass is 511 g/mol. The number of nitrogens with zero attached hydrogens (tertiary/aromatic N) is 1. The molecule has 1 saturated carbocycles. The minimum Gasteiger partial charge on any atom is -0.439 e. The summed E-state index contributed by atoms with van der Waals surface area (Å²) in [7, 11) is -3.35. The molecule has 0 bridgehead atoms. The van der Waals surface area contributed by atoms with Crippen LogP contribution in [-0.4, -0.2) is 25.7 Å². The lowest BCUT2D eigenvalue weighted by Gasteiger charge is -2.50. The lowest BCUT2D eigenvalue weighted by molar-refractivity contribution is 0.164. The lowest BCUT2D eigenvalue weighted by Crippen LogP contribution is -2.49. The summed E-state index contributed by atoms with van der Waals surface area (Å²) in [5, 5.41) is 4.55. The Bertz CT molecular complexity index is 1290. The number of hydrogen-bond acceptors (Lipinski definition) is 5. The van der Waals surface area contributed by atoms with Gasteiger partial charge >= 0.3 is 0 Å². The highest BCUT2D eigenvalue weighted by Gasteiger charge is 2.47. The van der Waals surface area contributed by atoms with Crippen LogP contribution in [0.15, 0.2) is 60.8 Å². The summed E-state index contributed by atoms with van der Waals surface area (Å²) < 4.78 is 32.6. The Morgan fingerprint density at radius 1 is 1.14 bits per heavy atom. The predicted molar refractivity (Wildman–Crippen MR) is 140 cm³/mol. The molecule has 0 saturated heterocycles. The molecule has 1 fully saturated rings. The van der Waals surface area contributed by atoms with E-state index >= 15 is 0 Å². The predicted octanol–water partition coefficient (Wildman–Crippen LogP) is 5.99. The Hall–Kier alpha value is -2.61. The van der Waals surface area contributed by atoms with Gasteiger partial charge in [-0.3, -0.25) is 4.72 Å². The molecule has 184 valence electrons. The minimum atomic E-state index is -3.35. The molecule has 1 atom stereocenters.